The van der Waals surface area contributed by atoms with Gasteiger partial charge in [0.2, 0.25) is 5.95 Å². The Morgan fingerprint density at radius 1 is 1.25 bits per heavy atom. The first-order chi connectivity index (χ1) is 17.1. The summed E-state index contributed by atoms with van der Waals surface area (Å²) in [7, 11) is -2.28. The highest BCUT2D eigenvalue weighted by molar-refractivity contribution is 7.57. The zero-order valence-corrected chi connectivity index (χ0v) is 21.4. The van der Waals surface area contributed by atoms with Gasteiger partial charge in [0, 0.05) is 7.11 Å². The molecule has 0 bridgehead atoms. The molecular weight excluding hydrogens is 491 g/mol. The van der Waals surface area contributed by atoms with Crippen molar-refractivity contribution >= 4 is 30.6 Å². The first-order valence-corrected chi connectivity index (χ1v) is 13.0. The molecule has 196 valence electrons. The van der Waals surface area contributed by atoms with E-state index in [0.717, 1.165) is 0 Å². The zero-order valence-electron chi connectivity index (χ0n) is 20.5. The van der Waals surface area contributed by atoms with Crippen molar-refractivity contribution in [1.82, 2.24) is 24.6 Å². The molecule has 4 N–H and O–H groups in total. The van der Waals surface area contributed by atoms with Crippen LogP contribution < -0.4 is 20.9 Å². The molecule has 1 aromatic carbocycles. The van der Waals surface area contributed by atoms with Crippen molar-refractivity contribution in [3.8, 4) is 5.75 Å². The number of aromatic nitrogens is 4. The third-order valence-electron chi connectivity index (χ3n) is 4.82. The number of carbonyl (C=O) groups excluding carboxylic acids is 1. The first-order valence-electron chi connectivity index (χ1n) is 11.2. The molecule has 0 fully saturated rings. The van der Waals surface area contributed by atoms with Crippen LogP contribution in [0.5, 0.6) is 5.75 Å². The van der Waals surface area contributed by atoms with Gasteiger partial charge < -0.3 is 29.0 Å². The van der Waals surface area contributed by atoms with Crippen LogP contribution in [-0.4, -0.2) is 63.8 Å². The highest BCUT2D eigenvalue weighted by Crippen LogP contribution is 2.44. The molecule has 0 saturated carbocycles. The second kappa shape index (κ2) is 12.1. The number of methoxy groups -OCH3 is 1. The Kier molecular flexibility index (Phi) is 9.21. The highest BCUT2D eigenvalue weighted by Gasteiger charge is 2.32. The molecule has 2 heterocycles. The maximum Gasteiger partial charge on any atom is 0.342 e. The van der Waals surface area contributed by atoms with E-state index >= 15 is 0 Å². The normalized spacial score (nSPS) is 14.9. The van der Waals surface area contributed by atoms with Crippen LogP contribution in [0.25, 0.3) is 11.2 Å². The van der Waals surface area contributed by atoms with Gasteiger partial charge in [-0.2, -0.15) is 4.98 Å². The Bertz CT molecular complexity index is 1260. The molecule has 2 aromatic heterocycles. The van der Waals surface area contributed by atoms with Gasteiger partial charge in [0.05, 0.1) is 31.7 Å². The fourth-order valence-corrected chi connectivity index (χ4v) is 5.04. The number of aromatic amines is 1. The lowest BCUT2D eigenvalue weighted by Crippen LogP contribution is -2.37. The SMILES string of the molecule is COC[C@@H](Cn1cnc2c(=O)[nH]c(N)nc21)OCP(=O)(N[C@@H](C)C(=O)OC(C)C)Oc1ccccc1. The number of para-hydroxylation sites is 1. The summed E-state index contributed by atoms with van der Waals surface area (Å²) in [5, 5.41) is 2.75. The number of fused-ring (bicyclic) bond motifs is 1. The standard InChI is InChI=1S/C22H31N6O7P/c1-14(2)34-21(30)15(3)27-36(31,35-16-8-6-5-7-9-16)13-33-17(11-32-4)10-28-12-24-18-19(28)25-22(23)26-20(18)29/h5-9,12,14-15,17H,10-11,13H2,1-4H3,(H,27,31)(H3,23,25,26,29)/t15-,17+,36?/m0/s1. The number of nitrogens with one attached hydrogen (secondary N) is 2. The number of H-pyrrole nitrogens is 1. The summed E-state index contributed by atoms with van der Waals surface area (Å²) in [6.45, 7) is 5.26. The molecule has 0 amide bonds. The van der Waals surface area contributed by atoms with Gasteiger partial charge in [-0.25, -0.2) is 10.1 Å². The molecule has 1 unspecified atom stereocenters. The van der Waals surface area contributed by atoms with Gasteiger partial charge in [0.1, 0.15) is 18.1 Å². The minimum Gasteiger partial charge on any atom is -0.462 e. The topological polar surface area (TPSA) is 173 Å². The predicted octanol–water partition coefficient (Wildman–Crippen LogP) is 1.89. The van der Waals surface area contributed by atoms with Gasteiger partial charge in [0.25, 0.3) is 5.56 Å². The maximum atomic E-state index is 13.8. The second-order valence-corrected chi connectivity index (χ2v) is 10.4. The summed E-state index contributed by atoms with van der Waals surface area (Å²) in [4.78, 5) is 35.0. The Hall–Kier alpha value is -3.25. The number of esters is 1. The molecule has 0 spiro atoms. The average Bonchev–Trinajstić information content (AvgIpc) is 3.20. The number of hydrogen-bond acceptors (Lipinski definition) is 10. The lowest BCUT2D eigenvalue weighted by Gasteiger charge is -2.26. The molecule has 3 rings (SSSR count). The summed E-state index contributed by atoms with van der Waals surface area (Å²) in [6.07, 6.45) is 0.0686. The Morgan fingerprint density at radius 2 is 1.97 bits per heavy atom. The number of imidazole rings is 1. The number of nitrogens with zero attached hydrogens (tertiary/aromatic N) is 3. The second-order valence-electron chi connectivity index (χ2n) is 8.31. The summed E-state index contributed by atoms with van der Waals surface area (Å²) >= 11 is 0. The fraction of sp³-hybridized carbons (Fsp3) is 0.455. The number of carbonyl (C=O) groups is 1. The first kappa shape index (κ1) is 27.3. The average molecular weight is 522 g/mol. The Morgan fingerprint density at radius 3 is 2.64 bits per heavy atom. The van der Waals surface area contributed by atoms with E-state index in [-0.39, 0.29) is 36.4 Å². The molecular formula is C22H31N6O7P. The van der Waals surface area contributed by atoms with Crippen molar-refractivity contribution in [2.24, 2.45) is 0 Å². The largest absolute Gasteiger partial charge is 0.462 e. The molecule has 3 aromatic rings. The number of rotatable bonds is 13. The van der Waals surface area contributed by atoms with Gasteiger partial charge >= 0.3 is 13.5 Å². The molecule has 0 saturated heterocycles. The maximum absolute atomic E-state index is 13.8. The van der Waals surface area contributed by atoms with E-state index < -0.39 is 37.5 Å². The van der Waals surface area contributed by atoms with E-state index in [9.17, 15) is 14.2 Å². The number of hydrogen-bond donors (Lipinski definition) is 3. The number of anilines is 1. The highest BCUT2D eigenvalue weighted by atomic mass is 31.2. The number of benzene rings is 1. The van der Waals surface area contributed by atoms with Crippen LogP contribution in [0.3, 0.4) is 0 Å². The van der Waals surface area contributed by atoms with E-state index in [1.54, 1.807) is 48.7 Å². The van der Waals surface area contributed by atoms with Crippen LogP contribution in [-0.2, 0) is 30.1 Å². The molecule has 0 aliphatic heterocycles. The van der Waals surface area contributed by atoms with Crippen molar-refractivity contribution < 1.29 is 28.1 Å². The Balaban J connectivity index is 1.79. The van der Waals surface area contributed by atoms with Gasteiger partial charge in [-0.3, -0.25) is 19.1 Å². The van der Waals surface area contributed by atoms with Crippen molar-refractivity contribution in [3.63, 3.8) is 0 Å². The summed E-state index contributed by atoms with van der Waals surface area (Å²) in [6, 6.07) is 7.61. The fourth-order valence-electron chi connectivity index (χ4n) is 3.29. The van der Waals surface area contributed by atoms with Crippen LogP contribution in [0, 0.1) is 0 Å². The number of nitrogen functional groups attached to an aromatic ring is 1. The zero-order chi connectivity index (χ0) is 26.3. The lowest BCUT2D eigenvalue weighted by atomic mass is 10.3. The molecule has 0 aliphatic rings. The van der Waals surface area contributed by atoms with Gasteiger partial charge in [-0.1, -0.05) is 18.2 Å². The van der Waals surface area contributed by atoms with Crippen molar-refractivity contribution in [1.29, 1.82) is 0 Å². The van der Waals surface area contributed by atoms with E-state index in [4.69, 9.17) is 24.5 Å². The summed E-state index contributed by atoms with van der Waals surface area (Å²) < 4.78 is 37.6. The third-order valence-corrected chi connectivity index (χ3v) is 6.59. The smallest absolute Gasteiger partial charge is 0.342 e. The minimum atomic E-state index is -3.77. The van der Waals surface area contributed by atoms with E-state index in [0.29, 0.717) is 5.75 Å². The van der Waals surface area contributed by atoms with Crippen LogP contribution in [0.15, 0.2) is 41.5 Å². The predicted molar refractivity (Wildman–Crippen MR) is 133 cm³/mol. The molecule has 14 heteroatoms. The van der Waals surface area contributed by atoms with E-state index in [1.807, 2.05) is 0 Å². The van der Waals surface area contributed by atoms with Crippen LogP contribution in [0.2, 0.25) is 0 Å². The van der Waals surface area contributed by atoms with Crippen LogP contribution in [0.1, 0.15) is 20.8 Å². The lowest BCUT2D eigenvalue weighted by molar-refractivity contribution is -0.149. The van der Waals surface area contributed by atoms with E-state index in [2.05, 4.69) is 20.0 Å². The molecule has 3 atom stereocenters. The molecule has 0 radical (unpaired) electrons. The minimum absolute atomic E-state index is 0.0503. The number of nitrogens with two attached hydrogens (primary N) is 1. The number of ether oxygens (including phenoxy) is 3. The van der Waals surface area contributed by atoms with Gasteiger partial charge in [0.15, 0.2) is 11.2 Å². The summed E-state index contributed by atoms with van der Waals surface area (Å²) in [5.41, 5.74) is 5.60. The quantitative estimate of drug-likeness (QED) is 0.221. The van der Waals surface area contributed by atoms with Gasteiger partial charge in [-0.15, -0.1) is 0 Å². The molecule has 36 heavy (non-hydrogen) atoms. The molecule has 0 aliphatic carbocycles. The van der Waals surface area contributed by atoms with Crippen molar-refractivity contribution in [2.45, 2.75) is 45.6 Å². The van der Waals surface area contributed by atoms with Crippen molar-refractivity contribution in [2.75, 3.05) is 25.8 Å². The summed E-state index contributed by atoms with van der Waals surface area (Å²) in [5.74, 6) is -0.288. The Labute approximate surface area is 207 Å². The van der Waals surface area contributed by atoms with Gasteiger partial charge in [-0.05, 0) is 32.9 Å². The van der Waals surface area contributed by atoms with Crippen molar-refractivity contribution in [3.05, 3.63) is 47.0 Å². The monoisotopic (exact) mass is 522 g/mol. The van der Waals surface area contributed by atoms with E-state index in [1.165, 1.54) is 20.4 Å². The van der Waals surface area contributed by atoms with Crippen LogP contribution in [0.4, 0.5) is 5.95 Å². The molecule has 13 nitrogen and oxygen atoms in total. The van der Waals surface area contributed by atoms with Crippen LogP contribution >= 0.6 is 7.52 Å². The third kappa shape index (κ3) is 7.37.